The number of hydrogen-bond acceptors (Lipinski definition) is 14. The SMILES string of the molecule is CC1(C)OCC(CNC(=O)c2c(I)c(C(N)=O)c(I)c(N(CC(O)CO)C(=O)CC(=O)N(CC(O)CO)c3c(I)c(C(N)=O)c(I)c(C(=O)NCC4COC(C)(C)O4)c3I)c2I)O1. The topological polar surface area (TPSA) is 303 Å². The average molecular weight is 1560 g/mol. The van der Waals surface area contributed by atoms with Crippen LogP contribution in [0, 0.1) is 21.4 Å². The molecule has 2 saturated heterocycles. The Bertz CT molecular complexity index is 2020. The number of aliphatic hydroxyl groups is 4. The highest BCUT2D eigenvalue weighted by Gasteiger charge is 2.38. The van der Waals surface area contributed by atoms with Gasteiger partial charge in [-0.25, -0.2) is 0 Å². The zero-order valence-electron chi connectivity index (χ0n) is 33.9. The van der Waals surface area contributed by atoms with Gasteiger partial charge in [0.15, 0.2) is 11.6 Å². The van der Waals surface area contributed by atoms with Gasteiger partial charge in [-0.3, -0.25) is 28.8 Å². The number of primary amides is 2. The number of amides is 6. The van der Waals surface area contributed by atoms with Crippen LogP contribution in [0.25, 0.3) is 0 Å². The van der Waals surface area contributed by atoms with Crippen molar-refractivity contribution in [3.05, 3.63) is 43.7 Å². The Morgan fingerprint density at radius 3 is 1.21 bits per heavy atom. The van der Waals surface area contributed by atoms with Crippen LogP contribution >= 0.6 is 136 Å². The third-order valence-corrected chi connectivity index (χ3v) is 15.7. The fraction of sp³-hybridized carbons (Fsp3) is 0.514. The number of nitrogens with two attached hydrogens (primary N) is 2. The van der Waals surface area contributed by atoms with Crippen molar-refractivity contribution in [3.8, 4) is 0 Å². The van der Waals surface area contributed by atoms with Crippen molar-refractivity contribution in [2.45, 2.75) is 70.1 Å². The summed E-state index contributed by atoms with van der Waals surface area (Å²) in [5.74, 6) is -7.04. The van der Waals surface area contributed by atoms with E-state index in [0.717, 1.165) is 9.80 Å². The van der Waals surface area contributed by atoms with E-state index in [2.05, 4.69) is 10.6 Å². The van der Waals surface area contributed by atoms with Crippen molar-refractivity contribution in [3.63, 3.8) is 0 Å². The Labute approximate surface area is 443 Å². The van der Waals surface area contributed by atoms with Crippen molar-refractivity contribution in [2.75, 3.05) is 62.4 Å². The lowest BCUT2D eigenvalue weighted by molar-refractivity contribution is -0.138. The minimum absolute atomic E-state index is 0.0107. The first-order valence-corrected chi connectivity index (χ1v) is 25.1. The lowest BCUT2D eigenvalue weighted by Gasteiger charge is -2.32. The van der Waals surface area contributed by atoms with Gasteiger partial charge in [0, 0.05) is 20.2 Å². The van der Waals surface area contributed by atoms with Crippen molar-refractivity contribution in [2.24, 2.45) is 11.5 Å². The maximum Gasteiger partial charge on any atom is 0.253 e. The summed E-state index contributed by atoms with van der Waals surface area (Å²) >= 11 is 10.7. The van der Waals surface area contributed by atoms with Crippen LogP contribution in [0.15, 0.2) is 0 Å². The summed E-state index contributed by atoms with van der Waals surface area (Å²) in [7, 11) is 0. The lowest BCUT2D eigenvalue weighted by atomic mass is 10.1. The van der Waals surface area contributed by atoms with E-state index in [1.165, 1.54) is 0 Å². The monoisotopic (exact) mass is 1560 g/mol. The molecule has 2 aliphatic rings. The second kappa shape index (κ2) is 23.1. The highest BCUT2D eigenvalue weighted by atomic mass is 127. The zero-order chi connectivity index (χ0) is 47.5. The van der Waals surface area contributed by atoms with Gasteiger partial charge in [-0.05, 0) is 163 Å². The molecule has 4 rings (SSSR count). The van der Waals surface area contributed by atoms with Crippen LogP contribution in [0.2, 0.25) is 0 Å². The van der Waals surface area contributed by atoms with Gasteiger partial charge < -0.3 is 71.3 Å². The molecule has 4 unspecified atom stereocenters. The van der Waals surface area contributed by atoms with E-state index < -0.39 is 104 Å². The third kappa shape index (κ3) is 13.3. The van der Waals surface area contributed by atoms with Gasteiger partial charge in [-0.2, -0.15) is 0 Å². The molecule has 0 radical (unpaired) electrons. The summed E-state index contributed by atoms with van der Waals surface area (Å²) in [5.41, 5.74) is 11.1. The Hall–Kier alpha value is -0.680. The molecule has 0 spiro atoms. The number of nitrogens with zero attached hydrogens (tertiary/aromatic N) is 2. The van der Waals surface area contributed by atoms with Gasteiger partial charge >= 0.3 is 0 Å². The van der Waals surface area contributed by atoms with E-state index in [9.17, 15) is 49.2 Å². The number of rotatable bonds is 18. The number of aliphatic hydroxyl groups excluding tert-OH is 4. The molecule has 2 fully saturated rings. The molecule has 26 heteroatoms. The second-order valence-corrected chi connectivity index (χ2v) is 21.5. The fourth-order valence-corrected chi connectivity index (χ4v) is 16.0. The van der Waals surface area contributed by atoms with Crippen LogP contribution in [0.4, 0.5) is 11.4 Å². The normalized spacial score (nSPS) is 18.7. The van der Waals surface area contributed by atoms with Crippen molar-refractivity contribution in [1.82, 2.24) is 10.6 Å². The van der Waals surface area contributed by atoms with E-state index in [0.29, 0.717) is 0 Å². The molecular formula is C37H44I6N6O14. The number of benzene rings is 2. The molecule has 2 aromatic carbocycles. The number of anilines is 2. The van der Waals surface area contributed by atoms with Crippen LogP contribution in [-0.4, -0.2) is 144 Å². The largest absolute Gasteiger partial charge is 0.394 e. The number of nitrogens with one attached hydrogen (secondary N) is 2. The Morgan fingerprint density at radius 2 is 0.937 bits per heavy atom. The number of halogens is 6. The average Bonchev–Trinajstić information content (AvgIpc) is 3.73. The summed E-state index contributed by atoms with van der Waals surface area (Å²) < 4.78 is 23.5. The smallest absolute Gasteiger partial charge is 0.253 e. The van der Waals surface area contributed by atoms with Crippen LogP contribution in [-0.2, 0) is 28.5 Å². The summed E-state index contributed by atoms with van der Waals surface area (Å²) in [5, 5.41) is 46.9. The molecule has 2 aliphatic heterocycles. The molecule has 6 amide bonds. The van der Waals surface area contributed by atoms with E-state index >= 15 is 0 Å². The molecule has 2 heterocycles. The molecule has 0 aliphatic carbocycles. The predicted molar refractivity (Wildman–Crippen MR) is 276 cm³/mol. The van der Waals surface area contributed by atoms with Crippen molar-refractivity contribution >= 4 is 182 Å². The maximum atomic E-state index is 14.6. The van der Waals surface area contributed by atoms with Gasteiger partial charge in [0.05, 0.1) is 99.6 Å². The number of ether oxygens (including phenoxy) is 4. The molecule has 0 saturated carbocycles. The van der Waals surface area contributed by atoms with Crippen molar-refractivity contribution < 1.29 is 68.1 Å². The Balaban J connectivity index is 1.82. The minimum Gasteiger partial charge on any atom is -0.394 e. The molecule has 2 aromatic rings. The molecule has 63 heavy (non-hydrogen) atoms. The van der Waals surface area contributed by atoms with Crippen LogP contribution in [0.5, 0.6) is 0 Å². The van der Waals surface area contributed by atoms with Crippen LogP contribution < -0.4 is 31.9 Å². The van der Waals surface area contributed by atoms with Gasteiger partial charge in [-0.1, -0.05) is 0 Å². The highest BCUT2D eigenvalue weighted by molar-refractivity contribution is 14.1. The molecule has 20 nitrogen and oxygen atoms in total. The van der Waals surface area contributed by atoms with Gasteiger partial charge in [0.2, 0.25) is 11.8 Å². The first-order valence-electron chi connectivity index (χ1n) is 18.7. The molecule has 10 N–H and O–H groups in total. The zero-order valence-corrected chi connectivity index (χ0v) is 46.8. The molecule has 0 bridgehead atoms. The molecule has 4 atom stereocenters. The van der Waals surface area contributed by atoms with Gasteiger partial charge in [0.1, 0.15) is 18.6 Å². The molecular weight excluding hydrogens is 1510 g/mol. The molecule has 348 valence electrons. The quantitative estimate of drug-likeness (QED) is 0.0780. The lowest BCUT2D eigenvalue weighted by Crippen LogP contribution is -2.46. The van der Waals surface area contributed by atoms with Crippen LogP contribution in [0.1, 0.15) is 75.5 Å². The predicted octanol–water partition coefficient (Wildman–Crippen LogP) is 1.74. The van der Waals surface area contributed by atoms with E-state index in [1.54, 1.807) is 163 Å². The maximum absolute atomic E-state index is 14.6. The van der Waals surface area contributed by atoms with Crippen molar-refractivity contribution in [1.29, 1.82) is 0 Å². The van der Waals surface area contributed by atoms with Gasteiger partial charge in [-0.15, -0.1) is 0 Å². The standard InChI is InChI=1S/C37H44I6N6O14/c1-36(2)60-12-16(62-36)6-46-34(58)22-24(38)20(32(44)56)26(40)30(28(22)42)48(8-14(52)10-50)18(54)5-19(55)49(9-15(53)11-51)31-27(41)21(33(45)57)25(39)23(29(31)43)35(59)47-7-17-13-61-37(3,4)63-17/h14-17,50-53H,5-13H2,1-4H3,(H2,44,56)(H2,45,57)(H,46,58)(H,47,59). The third-order valence-electron chi connectivity index (χ3n) is 9.30. The Kier molecular flexibility index (Phi) is 20.1. The van der Waals surface area contributed by atoms with E-state index in [4.69, 9.17) is 30.4 Å². The second-order valence-electron chi connectivity index (χ2n) is 15.0. The first-order chi connectivity index (χ1) is 29.3. The summed E-state index contributed by atoms with van der Waals surface area (Å²) in [6.45, 7) is 4.33. The summed E-state index contributed by atoms with van der Waals surface area (Å²) in [6, 6.07) is 0. The highest BCUT2D eigenvalue weighted by Crippen LogP contribution is 2.41. The van der Waals surface area contributed by atoms with Gasteiger partial charge in [0.25, 0.3) is 23.6 Å². The Morgan fingerprint density at radius 1 is 0.619 bits per heavy atom. The molecule has 0 aromatic heterocycles. The number of carbonyl (C=O) groups is 6. The number of carbonyl (C=O) groups excluding carboxylic acids is 6. The van der Waals surface area contributed by atoms with Crippen LogP contribution in [0.3, 0.4) is 0 Å². The summed E-state index contributed by atoms with van der Waals surface area (Å²) in [4.78, 5) is 84.8. The van der Waals surface area contributed by atoms with E-state index in [1.807, 2.05) is 0 Å². The van der Waals surface area contributed by atoms with E-state index in [-0.39, 0.29) is 81.4 Å². The number of hydrogen-bond donors (Lipinski definition) is 8. The minimum atomic E-state index is -1.59. The first kappa shape index (κ1) is 54.9. The summed E-state index contributed by atoms with van der Waals surface area (Å²) in [6.07, 6.45) is -5.23. The fourth-order valence-electron chi connectivity index (χ4n) is 6.42.